The summed E-state index contributed by atoms with van der Waals surface area (Å²) in [6.45, 7) is 0.245. The Morgan fingerprint density at radius 1 is 1.38 bits per heavy atom. The van der Waals surface area contributed by atoms with E-state index in [1.165, 1.54) is 4.90 Å². The second-order valence-electron chi connectivity index (χ2n) is 2.72. The van der Waals surface area contributed by atoms with Crippen molar-refractivity contribution < 1.29 is 9.53 Å². The van der Waals surface area contributed by atoms with E-state index < -0.39 is 5.50 Å². The number of halogens is 1. The molecule has 1 atom stereocenters. The van der Waals surface area contributed by atoms with Crippen molar-refractivity contribution in [3.63, 3.8) is 0 Å². The van der Waals surface area contributed by atoms with Gasteiger partial charge >= 0.3 is 6.09 Å². The van der Waals surface area contributed by atoms with E-state index in [0.717, 1.165) is 5.69 Å². The van der Waals surface area contributed by atoms with Gasteiger partial charge in [-0.3, -0.25) is 4.90 Å². The third-order valence-electron chi connectivity index (χ3n) is 1.86. The lowest BCUT2D eigenvalue weighted by atomic mass is 10.3. The van der Waals surface area contributed by atoms with Crippen molar-refractivity contribution in [3.05, 3.63) is 30.3 Å². The van der Waals surface area contributed by atoms with Gasteiger partial charge in [0.1, 0.15) is 12.1 Å². The molecule has 0 radical (unpaired) electrons. The smallest absolute Gasteiger partial charge is 0.415 e. The molecule has 4 heteroatoms. The molecule has 2 rings (SSSR count). The van der Waals surface area contributed by atoms with E-state index in [9.17, 15) is 4.79 Å². The van der Waals surface area contributed by atoms with Crippen molar-refractivity contribution in [1.82, 2.24) is 0 Å². The molecule has 0 spiro atoms. The fraction of sp³-hybridized carbons (Fsp3) is 0.222. The van der Waals surface area contributed by atoms with Crippen molar-refractivity contribution >= 4 is 23.4 Å². The lowest BCUT2D eigenvalue weighted by Crippen LogP contribution is -2.28. The van der Waals surface area contributed by atoms with Gasteiger partial charge in [0.15, 0.2) is 0 Å². The van der Waals surface area contributed by atoms with Crippen LogP contribution in [-0.4, -0.2) is 18.2 Å². The zero-order chi connectivity index (χ0) is 9.26. The van der Waals surface area contributed by atoms with E-state index in [1.54, 1.807) is 0 Å². The van der Waals surface area contributed by atoms with Crippen LogP contribution in [0.15, 0.2) is 30.3 Å². The number of nitrogens with zero attached hydrogens (tertiary/aromatic N) is 1. The molecular formula is C9H8ClNO2. The van der Waals surface area contributed by atoms with Crippen LogP contribution >= 0.6 is 11.6 Å². The minimum absolute atomic E-state index is 0.245. The first-order chi connectivity index (χ1) is 6.29. The van der Waals surface area contributed by atoms with E-state index in [1.807, 2.05) is 30.3 Å². The summed E-state index contributed by atoms with van der Waals surface area (Å²) < 4.78 is 4.79. The summed E-state index contributed by atoms with van der Waals surface area (Å²) in [4.78, 5) is 12.6. The summed E-state index contributed by atoms with van der Waals surface area (Å²) in [6.07, 6.45) is -0.383. The molecule has 0 saturated carbocycles. The summed E-state index contributed by atoms with van der Waals surface area (Å²) in [5.41, 5.74) is 0.375. The highest BCUT2D eigenvalue weighted by atomic mass is 35.5. The molecule has 1 amide bonds. The predicted octanol–water partition coefficient (Wildman–Crippen LogP) is 2.21. The van der Waals surface area contributed by atoms with Crippen LogP contribution < -0.4 is 4.90 Å². The van der Waals surface area contributed by atoms with Gasteiger partial charge in [-0.15, -0.1) is 0 Å². The van der Waals surface area contributed by atoms with Crippen LogP contribution in [0.1, 0.15) is 0 Å². The van der Waals surface area contributed by atoms with Crippen LogP contribution in [-0.2, 0) is 4.74 Å². The molecule has 0 N–H and O–H groups in total. The molecule has 0 aliphatic carbocycles. The Balaban J connectivity index is 2.30. The lowest BCUT2D eigenvalue weighted by Gasteiger charge is -2.15. The standard InChI is InChI=1S/C9H8ClNO2/c10-8-6-13-9(12)11(8)7-4-2-1-3-5-7/h1-5,8H,6H2. The van der Waals surface area contributed by atoms with Crippen molar-refractivity contribution in [2.45, 2.75) is 5.50 Å². The number of ether oxygens (including phenoxy) is 1. The average molecular weight is 198 g/mol. The lowest BCUT2D eigenvalue weighted by molar-refractivity contribution is 0.180. The van der Waals surface area contributed by atoms with Crippen molar-refractivity contribution in [2.75, 3.05) is 11.5 Å². The number of rotatable bonds is 1. The highest BCUT2D eigenvalue weighted by Gasteiger charge is 2.32. The number of carbonyl (C=O) groups is 1. The molecule has 1 fully saturated rings. The van der Waals surface area contributed by atoms with E-state index in [4.69, 9.17) is 16.3 Å². The summed E-state index contributed by atoms with van der Waals surface area (Å²) in [5.74, 6) is 0. The number of amides is 1. The van der Waals surface area contributed by atoms with Gasteiger partial charge in [0.2, 0.25) is 0 Å². The van der Waals surface area contributed by atoms with Crippen LogP contribution in [0.4, 0.5) is 10.5 Å². The summed E-state index contributed by atoms with van der Waals surface area (Å²) in [6, 6.07) is 9.23. The SMILES string of the molecule is O=C1OCC(Cl)N1c1ccccc1. The van der Waals surface area contributed by atoms with Crippen LogP contribution in [0.25, 0.3) is 0 Å². The Labute approximate surface area is 80.9 Å². The van der Waals surface area contributed by atoms with E-state index in [0.29, 0.717) is 0 Å². The second kappa shape index (κ2) is 3.26. The van der Waals surface area contributed by atoms with Gasteiger partial charge in [-0.2, -0.15) is 0 Å². The van der Waals surface area contributed by atoms with Gasteiger partial charge in [0.05, 0.1) is 0 Å². The molecule has 3 nitrogen and oxygen atoms in total. The number of anilines is 1. The van der Waals surface area contributed by atoms with Crippen molar-refractivity contribution in [3.8, 4) is 0 Å². The first-order valence-corrected chi connectivity index (χ1v) is 4.38. The predicted molar refractivity (Wildman–Crippen MR) is 49.9 cm³/mol. The molecule has 1 unspecified atom stereocenters. The molecule has 1 aliphatic heterocycles. The zero-order valence-corrected chi connectivity index (χ0v) is 7.57. The van der Waals surface area contributed by atoms with Gasteiger partial charge < -0.3 is 4.74 Å². The van der Waals surface area contributed by atoms with Gasteiger partial charge in [0, 0.05) is 5.69 Å². The minimum atomic E-state index is -0.394. The Morgan fingerprint density at radius 2 is 2.08 bits per heavy atom. The highest BCUT2D eigenvalue weighted by molar-refractivity contribution is 6.25. The van der Waals surface area contributed by atoms with E-state index >= 15 is 0 Å². The normalized spacial score (nSPS) is 21.8. The first kappa shape index (κ1) is 8.38. The topological polar surface area (TPSA) is 29.5 Å². The van der Waals surface area contributed by atoms with Crippen molar-refractivity contribution in [1.29, 1.82) is 0 Å². The molecule has 1 saturated heterocycles. The first-order valence-electron chi connectivity index (χ1n) is 3.94. The summed E-state index contributed by atoms with van der Waals surface area (Å²) >= 11 is 5.89. The minimum Gasteiger partial charge on any atom is -0.446 e. The Bertz CT molecular complexity index is 315. The molecule has 13 heavy (non-hydrogen) atoms. The third-order valence-corrected chi connectivity index (χ3v) is 2.18. The van der Waals surface area contributed by atoms with Gasteiger partial charge in [0.25, 0.3) is 0 Å². The van der Waals surface area contributed by atoms with Crippen LogP contribution in [0.2, 0.25) is 0 Å². The van der Waals surface area contributed by atoms with Gasteiger partial charge in [-0.1, -0.05) is 29.8 Å². The van der Waals surface area contributed by atoms with Crippen LogP contribution in [0.3, 0.4) is 0 Å². The molecule has 1 aliphatic rings. The van der Waals surface area contributed by atoms with Gasteiger partial charge in [-0.25, -0.2) is 4.79 Å². The molecule has 0 bridgehead atoms. The number of para-hydroxylation sites is 1. The van der Waals surface area contributed by atoms with E-state index in [-0.39, 0.29) is 12.7 Å². The highest BCUT2D eigenvalue weighted by Crippen LogP contribution is 2.24. The Kier molecular flexibility index (Phi) is 2.10. The second-order valence-corrected chi connectivity index (χ2v) is 3.22. The maximum Gasteiger partial charge on any atom is 0.415 e. The monoisotopic (exact) mass is 197 g/mol. The number of hydrogen-bond donors (Lipinski definition) is 0. The maximum atomic E-state index is 11.2. The van der Waals surface area contributed by atoms with Crippen LogP contribution in [0, 0.1) is 0 Å². The fourth-order valence-corrected chi connectivity index (χ4v) is 1.51. The van der Waals surface area contributed by atoms with Gasteiger partial charge in [-0.05, 0) is 12.1 Å². The molecule has 68 valence electrons. The summed E-state index contributed by atoms with van der Waals surface area (Å²) in [7, 11) is 0. The molecule has 1 aromatic rings. The Morgan fingerprint density at radius 3 is 2.62 bits per heavy atom. The number of hydrogen-bond acceptors (Lipinski definition) is 2. The van der Waals surface area contributed by atoms with Crippen LogP contribution in [0.5, 0.6) is 0 Å². The fourth-order valence-electron chi connectivity index (χ4n) is 1.25. The quantitative estimate of drug-likeness (QED) is 0.510. The Hall–Kier alpha value is -1.22. The molecule has 1 heterocycles. The molecule has 0 aromatic heterocycles. The number of carbonyl (C=O) groups excluding carboxylic acids is 1. The third kappa shape index (κ3) is 1.47. The van der Waals surface area contributed by atoms with Crippen molar-refractivity contribution in [2.24, 2.45) is 0 Å². The molecule has 1 aromatic carbocycles. The average Bonchev–Trinajstić information content (AvgIpc) is 2.48. The van der Waals surface area contributed by atoms with E-state index in [2.05, 4.69) is 0 Å². The zero-order valence-electron chi connectivity index (χ0n) is 6.81. The largest absolute Gasteiger partial charge is 0.446 e. The summed E-state index contributed by atoms with van der Waals surface area (Å²) in [5, 5.41) is 0. The number of benzene rings is 1. The maximum absolute atomic E-state index is 11.2. The molecular weight excluding hydrogens is 190 g/mol. The number of alkyl halides is 1. The number of cyclic esters (lactones) is 1.